The third kappa shape index (κ3) is 3.37. The number of amides is 1. The number of hydrogen-bond acceptors (Lipinski definition) is 2. The molecule has 0 saturated carbocycles. The Morgan fingerprint density at radius 1 is 0.963 bits per heavy atom. The zero-order valence-electron chi connectivity index (χ0n) is 14.1. The molecular weight excluding hydrogens is 348 g/mol. The minimum Gasteiger partial charge on any atom is -0.399 e. The molecule has 6 heteroatoms. The number of nitrogens with one attached hydrogen (secondary N) is 2. The number of carbonyl (C=O) groups is 1. The molecule has 0 unspecified atom stereocenters. The van der Waals surface area contributed by atoms with Crippen LogP contribution in [-0.4, -0.2) is 10.9 Å². The van der Waals surface area contributed by atoms with Crippen molar-refractivity contribution in [3.8, 4) is 11.1 Å². The van der Waals surface area contributed by atoms with Gasteiger partial charge < -0.3 is 16.0 Å². The summed E-state index contributed by atoms with van der Waals surface area (Å²) in [6.45, 7) is 0. The van der Waals surface area contributed by atoms with Gasteiger partial charge in [-0.15, -0.1) is 0 Å². The van der Waals surface area contributed by atoms with E-state index in [0.29, 0.717) is 22.6 Å². The predicted molar refractivity (Wildman–Crippen MR) is 102 cm³/mol. The maximum absolute atomic E-state index is 14.0. The Hall–Kier alpha value is -3.67. The third-order valence-electron chi connectivity index (χ3n) is 4.25. The summed E-state index contributed by atoms with van der Waals surface area (Å²) in [5.41, 5.74) is 8.80. The van der Waals surface area contributed by atoms with Crippen LogP contribution < -0.4 is 11.1 Å². The second kappa shape index (κ2) is 6.57. The van der Waals surface area contributed by atoms with Crippen molar-refractivity contribution in [2.45, 2.75) is 0 Å². The van der Waals surface area contributed by atoms with Crippen LogP contribution in [0.25, 0.3) is 22.0 Å². The number of aromatic nitrogens is 1. The van der Waals surface area contributed by atoms with Crippen molar-refractivity contribution in [2.75, 3.05) is 11.1 Å². The molecule has 27 heavy (non-hydrogen) atoms. The fourth-order valence-electron chi connectivity index (χ4n) is 2.95. The summed E-state index contributed by atoms with van der Waals surface area (Å²) in [6.07, 6.45) is 0. The number of nitrogens with two attached hydrogens (primary N) is 1. The zero-order valence-corrected chi connectivity index (χ0v) is 14.1. The van der Waals surface area contributed by atoms with E-state index >= 15 is 0 Å². The van der Waals surface area contributed by atoms with Crippen molar-refractivity contribution in [3.05, 3.63) is 84.1 Å². The molecule has 3 aromatic carbocycles. The molecule has 0 saturated heterocycles. The molecule has 0 atom stereocenters. The first-order chi connectivity index (χ1) is 13.0. The summed E-state index contributed by atoms with van der Waals surface area (Å²) >= 11 is 0. The summed E-state index contributed by atoms with van der Waals surface area (Å²) in [5.74, 6) is -1.63. The topological polar surface area (TPSA) is 70.9 Å². The van der Waals surface area contributed by atoms with Gasteiger partial charge in [0.1, 0.15) is 17.3 Å². The standard InChI is InChI=1S/C21H15F2N3O/c22-14-5-7-17(18(23)10-14)12-2-1-3-16(8-12)25-21(27)20-9-13-4-6-15(24)11-19(13)26-20/h1-11,26H,24H2,(H,25,27). The van der Waals surface area contributed by atoms with Gasteiger partial charge in [0, 0.05) is 33.9 Å². The Kier molecular flexibility index (Phi) is 4.08. The first-order valence-corrected chi connectivity index (χ1v) is 8.25. The van der Waals surface area contributed by atoms with E-state index in [-0.39, 0.29) is 11.5 Å². The molecule has 4 aromatic rings. The summed E-state index contributed by atoms with van der Waals surface area (Å²) in [5, 5.41) is 3.65. The quantitative estimate of drug-likeness (QED) is 0.451. The summed E-state index contributed by atoms with van der Waals surface area (Å²) in [4.78, 5) is 15.6. The SMILES string of the molecule is Nc1ccc2cc(C(=O)Nc3cccc(-c4ccc(F)cc4F)c3)[nH]c2c1. The zero-order chi connectivity index (χ0) is 19.0. The van der Waals surface area contributed by atoms with E-state index in [9.17, 15) is 13.6 Å². The minimum absolute atomic E-state index is 0.258. The van der Waals surface area contributed by atoms with Crippen LogP contribution in [0.4, 0.5) is 20.2 Å². The van der Waals surface area contributed by atoms with Gasteiger partial charge in [0.15, 0.2) is 0 Å². The molecule has 0 bridgehead atoms. The fraction of sp³-hybridized carbons (Fsp3) is 0. The highest BCUT2D eigenvalue weighted by atomic mass is 19.1. The Morgan fingerprint density at radius 2 is 1.81 bits per heavy atom. The lowest BCUT2D eigenvalue weighted by Gasteiger charge is -2.08. The van der Waals surface area contributed by atoms with Gasteiger partial charge in [0.2, 0.25) is 0 Å². The minimum atomic E-state index is -0.660. The van der Waals surface area contributed by atoms with E-state index in [2.05, 4.69) is 10.3 Å². The van der Waals surface area contributed by atoms with Gasteiger partial charge in [0.25, 0.3) is 5.91 Å². The van der Waals surface area contributed by atoms with Crippen LogP contribution in [0, 0.1) is 11.6 Å². The molecule has 0 aliphatic carbocycles. The summed E-state index contributed by atoms with van der Waals surface area (Å²) in [6, 6.07) is 17.2. The van der Waals surface area contributed by atoms with Gasteiger partial charge >= 0.3 is 0 Å². The van der Waals surface area contributed by atoms with Gasteiger partial charge in [0.05, 0.1) is 0 Å². The first-order valence-electron chi connectivity index (χ1n) is 8.25. The van der Waals surface area contributed by atoms with Crippen LogP contribution in [0.2, 0.25) is 0 Å². The highest BCUT2D eigenvalue weighted by Crippen LogP contribution is 2.26. The Bertz CT molecular complexity index is 1170. The van der Waals surface area contributed by atoms with Crippen LogP contribution in [0.15, 0.2) is 66.7 Å². The van der Waals surface area contributed by atoms with Crippen molar-refractivity contribution in [1.82, 2.24) is 4.98 Å². The maximum Gasteiger partial charge on any atom is 0.272 e. The second-order valence-corrected chi connectivity index (χ2v) is 6.19. The highest BCUT2D eigenvalue weighted by molar-refractivity contribution is 6.06. The molecule has 0 aliphatic rings. The lowest BCUT2D eigenvalue weighted by atomic mass is 10.0. The number of nitrogen functional groups attached to an aromatic ring is 1. The van der Waals surface area contributed by atoms with Crippen molar-refractivity contribution in [1.29, 1.82) is 0 Å². The fourth-order valence-corrected chi connectivity index (χ4v) is 2.95. The van der Waals surface area contributed by atoms with Crippen molar-refractivity contribution >= 4 is 28.2 Å². The van der Waals surface area contributed by atoms with Crippen molar-refractivity contribution in [2.24, 2.45) is 0 Å². The molecular formula is C21H15F2N3O. The van der Waals surface area contributed by atoms with E-state index in [1.54, 1.807) is 42.5 Å². The molecule has 0 spiro atoms. The Balaban J connectivity index is 1.61. The van der Waals surface area contributed by atoms with Crippen LogP contribution in [0.5, 0.6) is 0 Å². The van der Waals surface area contributed by atoms with Gasteiger partial charge in [-0.1, -0.05) is 18.2 Å². The molecule has 0 fully saturated rings. The number of H-pyrrole nitrogens is 1. The number of anilines is 2. The van der Waals surface area contributed by atoms with E-state index in [1.807, 2.05) is 6.07 Å². The molecule has 4 rings (SSSR count). The summed E-state index contributed by atoms with van der Waals surface area (Å²) < 4.78 is 27.1. The molecule has 0 radical (unpaired) electrons. The number of carbonyl (C=O) groups excluding carboxylic acids is 1. The number of halogens is 2. The highest BCUT2D eigenvalue weighted by Gasteiger charge is 2.12. The molecule has 0 aliphatic heterocycles. The van der Waals surface area contributed by atoms with Crippen LogP contribution in [0.1, 0.15) is 10.5 Å². The molecule has 134 valence electrons. The lowest BCUT2D eigenvalue weighted by molar-refractivity contribution is 0.102. The molecule has 1 heterocycles. The van der Waals surface area contributed by atoms with E-state index < -0.39 is 11.6 Å². The lowest BCUT2D eigenvalue weighted by Crippen LogP contribution is -2.12. The van der Waals surface area contributed by atoms with Gasteiger partial charge in [-0.3, -0.25) is 4.79 Å². The molecule has 1 aromatic heterocycles. The van der Waals surface area contributed by atoms with Gasteiger partial charge in [-0.05, 0) is 48.0 Å². The second-order valence-electron chi connectivity index (χ2n) is 6.19. The average molecular weight is 363 g/mol. The number of hydrogen-bond donors (Lipinski definition) is 3. The van der Waals surface area contributed by atoms with Crippen LogP contribution >= 0.6 is 0 Å². The van der Waals surface area contributed by atoms with Crippen LogP contribution in [-0.2, 0) is 0 Å². The van der Waals surface area contributed by atoms with Gasteiger partial charge in [-0.2, -0.15) is 0 Å². The largest absolute Gasteiger partial charge is 0.399 e. The maximum atomic E-state index is 14.0. The van der Waals surface area contributed by atoms with Crippen molar-refractivity contribution < 1.29 is 13.6 Å². The average Bonchev–Trinajstić information content (AvgIpc) is 3.05. The normalized spacial score (nSPS) is 10.9. The molecule has 4 nitrogen and oxygen atoms in total. The molecule has 1 amide bonds. The Labute approximate surface area is 153 Å². The van der Waals surface area contributed by atoms with E-state index in [0.717, 1.165) is 17.0 Å². The number of fused-ring (bicyclic) bond motifs is 1. The summed E-state index contributed by atoms with van der Waals surface area (Å²) in [7, 11) is 0. The smallest absolute Gasteiger partial charge is 0.272 e. The molecule has 4 N–H and O–H groups in total. The number of benzene rings is 3. The number of aromatic amines is 1. The Morgan fingerprint density at radius 3 is 2.63 bits per heavy atom. The van der Waals surface area contributed by atoms with Crippen LogP contribution in [0.3, 0.4) is 0 Å². The first kappa shape index (κ1) is 16.8. The van der Waals surface area contributed by atoms with Crippen molar-refractivity contribution in [3.63, 3.8) is 0 Å². The van der Waals surface area contributed by atoms with E-state index in [4.69, 9.17) is 5.73 Å². The van der Waals surface area contributed by atoms with Gasteiger partial charge in [-0.25, -0.2) is 8.78 Å². The predicted octanol–water partition coefficient (Wildman–Crippen LogP) is 4.95. The monoisotopic (exact) mass is 363 g/mol. The number of rotatable bonds is 3. The van der Waals surface area contributed by atoms with E-state index in [1.165, 1.54) is 12.1 Å². The third-order valence-corrected chi connectivity index (χ3v) is 4.25.